The normalized spacial score (nSPS) is 12.0. The van der Waals surface area contributed by atoms with Crippen molar-refractivity contribution in [2.75, 3.05) is 29.9 Å². The third-order valence-electron chi connectivity index (χ3n) is 2.06. The summed E-state index contributed by atoms with van der Waals surface area (Å²) in [6.45, 7) is 2.07. The predicted octanol–water partition coefficient (Wildman–Crippen LogP) is 0.719. The van der Waals surface area contributed by atoms with Crippen molar-refractivity contribution in [2.24, 2.45) is 5.84 Å². The van der Waals surface area contributed by atoms with Crippen LogP contribution in [0.1, 0.15) is 13.3 Å². The SMILES string of the molecule is COc1nc(NN)nc(NC(C)CCSC)n1. The molecule has 0 spiro atoms. The van der Waals surface area contributed by atoms with Crippen LogP contribution in [-0.4, -0.2) is 40.1 Å². The summed E-state index contributed by atoms with van der Waals surface area (Å²) in [4.78, 5) is 12.1. The monoisotopic (exact) mass is 258 g/mol. The molecular formula is C9H18N6OS. The van der Waals surface area contributed by atoms with E-state index in [0.717, 1.165) is 12.2 Å². The van der Waals surface area contributed by atoms with Gasteiger partial charge in [0.15, 0.2) is 0 Å². The minimum Gasteiger partial charge on any atom is -0.467 e. The molecule has 1 atom stereocenters. The molecule has 0 amide bonds. The minimum atomic E-state index is 0.229. The first kappa shape index (κ1) is 13.8. The number of anilines is 2. The van der Waals surface area contributed by atoms with Gasteiger partial charge in [0, 0.05) is 6.04 Å². The number of hydrogen-bond acceptors (Lipinski definition) is 8. The molecule has 4 N–H and O–H groups in total. The van der Waals surface area contributed by atoms with Crippen LogP contribution >= 0.6 is 11.8 Å². The maximum Gasteiger partial charge on any atom is 0.322 e. The molecule has 1 unspecified atom stereocenters. The number of nitrogens with one attached hydrogen (secondary N) is 2. The molecule has 1 rings (SSSR count). The number of nitrogens with two attached hydrogens (primary N) is 1. The smallest absolute Gasteiger partial charge is 0.322 e. The van der Waals surface area contributed by atoms with E-state index in [9.17, 15) is 0 Å². The average Bonchev–Trinajstić information content (AvgIpc) is 2.35. The largest absolute Gasteiger partial charge is 0.467 e. The molecule has 96 valence electrons. The topological polar surface area (TPSA) is 98.0 Å². The van der Waals surface area contributed by atoms with Crippen molar-refractivity contribution >= 4 is 23.7 Å². The summed E-state index contributed by atoms with van der Waals surface area (Å²) < 4.78 is 4.96. The Kier molecular flexibility index (Phi) is 5.78. The number of methoxy groups -OCH3 is 1. The first-order chi connectivity index (χ1) is 8.19. The lowest BCUT2D eigenvalue weighted by Crippen LogP contribution is -2.20. The van der Waals surface area contributed by atoms with E-state index in [0.29, 0.717) is 5.95 Å². The lowest BCUT2D eigenvalue weighted by atomic mass is 10.3. The maximum absolute atomic E-state index is 5.26. The van der Waals surface area contributed by atoms with Crippen LogP contribution in [0.3, 0.4) is 0 Å². The number of hydrazine groups is 1. The second-order valence-electron chi connectivity index (χ2n) is 3.44. The Morgan fingerprint density at radius 1 is 1.35 bits per heavy atom. The second-order valence-corrected chi connectivity index (χ2v) is 4.43. The van der Waals surface area contributed by atoms with Crippen LogP contribution in [0.25, 0.3) is 0 Å². The molecule has 0 radical (unpaired) electrons. The highest BCUT2D eigenvalue weighted by Gasteiger charge is 2.08. The molecule has 0 saturated carbocycles. The van der Waals surface area contributed by atoms with E-state index in [-0.39, 0.29) is 18.0 Å². The fourth-order valence-electron chi connectivity index (χ4n) is 1.16. The van der Waals surface area contributed by atoms with Crippen LogP contribution in [-0.2, 0) is 0 Å². The van der Waals surface area contributed by atoms with Gasteiger partial charge in [0.2, 0.25) is 11.9 Å². The highest BCUT2D eigenvalue weighted by Crippen LogP contribution is 2.12. The van der Waals surface area contributed by atoms with E-state index < -0.39 is 0 Å². The first-order valence-electron chi connectivity index (χ1n) is 5.21. The maximum atomic E-state index is 5.26. The second kappa shape index (κ2) is 7.13. The van der Waals surface area contributed by atoms with Gasteiger partial charge in [0.05, 0.1) is 7.11 Å². The fraction of sp³-hybridized carbons (Fsp3) is 0.667. The van der Waals surface area contributed by atoms with E-state index in [1.807, 2.05) is 0 Å². The number of aromatic nitrogens is 3. The van der Waals surface area contributed by atoms with Gasteiger partial charge in [0.25, 0.3) is 0 Å². The van der Waals surface area contributed by atoms with E-state index >= 15 is 0 Å². The zero-order valence-electron chi connectivity index (χ0n) is 10.2. The molecule has 1 aromatic heterocycles. The fourth-order valence-corrected chi connectivity index (χ4v) is 1.75. The highest BCUT2D eigenvalue weighted by atomic mass is 32.2. The third-order valence-corrected chi connectivity index (χ3v) is 2.70. The summed E-state index contributed by atoms with van der Waals surface area (Å²) in [5.41, 5.74) is 2.37. The van der Waals surface area contributed by atoms with Crippen molar-refractivity contribution in [1.29, 1.82) is 0 Å². The van der Waals surface area contributed by atoms with Gasteiger partial charge in [-0.15, -0.1) is 0 Å². The van der Waals surface area contributed by atoms with E-state index in [2.05, 4.69) is 38.9 Å². The number of hydrogen-bond donors (Lipinski definition) is 3. The van der Waals surface area contributed by atoms with Gasteiger partial charge in [-0.25, -0.2) is 5.84 Å². The Balaban J connectivity index is 2.68. The molecule has 17 heavy (non-hydrogen) atoms. The molecule has 0 bridgehead atoms. The molecular weight excluding hydrogens is 240 g/mol. The minimum absolute atomic E-state index is 0.229. The van der Waals surface area contributed by atoms with Crippen LogP contribution in [0.15, 0.2) is 0 Å². The Morgan fingerprint density at radius 2 is 2.06 bits per heavy atom. The van der Waals surface area contributed by atoms with Gasteiger partial charge in [0.1, 0.15) is 0 Å². The zero-order valence-corrected chi connectivity index (χ0v) is 11.0. The van der Waals surface area contributed by atoms with Gasteiger partial charge in [-0.2, -0.15) is 26.7 Å². The first-order valence-corrected chi connectivity index (χ1v) is 6.61. The number of nitrogens with zero attached hydrogens (tertiary/aromatic N) is 3. The summed E-state index contributed by atoms with van der Waals surface area (Å²) >= 11 is 1.81. The van der Waals surface area contributed by atoms with Gasteiger partial charge in [-0.05, 0) is 25.4 Å². The van der Waals surface area contributed by atoms with Crippen molar-refractivity contribution < 1.29 is 4.74 Å². The van der Waals surface area contributed by atoms with E-state index in [1.165, 1.54) is 7.11 Å². The van der Waals surface area contributed by atoms with Gasteiger partial charge < -0.3 is 10.1 Å². The molecule has 1 heterocycles. The molecule has 7 nitrogen and oxygen atoms in total. The van der Waals surface area contributed by atoms with Crippen molar-refractivity contribution in [1.82, 2.24) is 15.0 Å². The van der Waals surface area contributed by atoms with E-state index in [4.69, 9.17) is 10.6 Å². The number of thioether (sulfide) groups is 1. The van der Waals surface area contributed by atoms with Crippen molar-refractivity contribution in [2.45, 2.75) is 19.4 Å². The summed E-state index contributed by atoms with van der Waals surface area (Å²) in [6, 6.07) is 0.507. The molecule has 0 aliphatic heterocycles. The molecule has 0 aliphatic carbocycles. The Morgan fingerprint density at radius 3 is 2.65 bits per heavy atom. The lowest BCUT2D eigenvalue weighted by Gasteiger charge is -2.13. The summed E-state index contributed by atoms with van der Waals surface area (Å²) in [5.74, 6) is 7.08. The van der Waals surface area contributed by atoms with Crippen LogP contribution in [0, 0.1) is 0 Å². The van der Waals surface area contributed by atoms with Crippen molar-refractivity contribution in [3.05, 3.63) is 0 Å². The van der Waals surface area contributed by atoms with Gasteiger partial charge in [-0.1, -0.05) is 0 Å². The third kappa shape index (κ3) is 4.61. The van der Waals surface area contributed by atoms with Crippen molar-refractivity contribution in [3.8, 4) is 6.01 Å². The number of nitrogen functional groups attached to an aromatic ring is 1. The number of rotatable bonds is 7. The van der Waals surface area contributed by atoms with Crippen LogP contribution in [0.4, 0.5) is 11.9 Å². The van der Waals surface area contributed by atoms with Gasteiger partial charge >= 0.3 is 6.01 Å². The Labute approximate surface area is 105 Å². The van der Waals surface area contributed by atoms with Crippen LogP contribution in [0.2, 0.25) is 0 Å². The highest BCUT2D eigenvalue weighted by molar-refractivity contribution is 7.98. The Bertz CT molecular complexity index is 328. The summed E-state index contributed by atoms with van der Waals surface area (Å²) in [5, 5.41) is 3.18. The summed E-state index contributed by atoms with van der Waals surface area (Å²) in [6.07, 6.45) is 3.11. The lowest BCUT2D eigenvalue weighted by molar-refractivity contribution is 0.379. The standard InChI is InChI=1S/C9H18N6OS/c1-6(4-5-17-3)11-7-12-8(15-10)14-9(13-7)16-2/h6H,4-5,10H2,1-3H3,(H2,11,12,13,14,15). The molecule has 0 aliphatic rings. The molecule has 8 heteroatoms. The van der Waals surface area contributed by atoms with Crippen molar-refractivity contribution in [3.63, 3.8) is 0 Å². The molecule has 1 aromatic rings. The van der Waals surface area contributed by atoms with Crippen LogP contribution < -0.4 is 21.3 Å². The molecule has 0 fully saturated rings. The Hall–Kier alpha value is -1.28. The zero-order chi connectivity index (χ0) is 12.7. The summed E-state index contributed by atoms with van der Waals surface area (Å²) in [7, 11) is 1.50. The van der Waals surface area contributed by atoms with Crippen LogP contribution in [0.5, 0.6) is 6.01 Å². The molecule has 0 aromatic carbocycles. The number of ether oxygens (including phenoxy) is 1. The van der Waals surface area contributed by atoms with Gasteiger partial charge in [-0.3, -0.25) is 5.43 Å². The average molecular weight is 258 g/mol. The predicted molar refractivity (Wildman–Crippen MR) is 70.3 cm³/mol. The van der Waals surface area contributed by atoms with E-state index in [1.54, 1.807) is 11.8 Å². The molecule has 0 saturated heterocycles. The quantitative estimate of drug-likeness (QED) is 0.486.